The van der Waals surface area contributed by atoms with Gasteiger partial charge in [-0.1, -0.05) is 41.0 Å². The zero-order valence-corrected chi connectivity index (χ0v) is 24.3. The van der Waals surface area contributed by atoms with E-state index in [9.17, 15) is 0 Å². The molecular formula is C29H60N4O2. The lowest BCUT2D eigenvalue weighted by Crippen LogP contribution is -2.47. The average Bonchev–Trinajstić information content (AvgIpc) is 2.81. The van der Waals surface area contributed by atoms with Gasteiger partial charge in [0.1, 0.15) is 0 Å². The fourth-order valence-corrected chi connectivity index (χ4v) is 5.65. The van der Waals surface area contributed by atoms with Gasteiger partial charge in [-0.05, 0) is 76.5 Å². The molecule has 1 N–H and O–H groups in total. The Morgan fingerprint density at radius 3 is 2.09 bits per heavy atom. The summed E-state index contributed by atoms with van der Waals surface area (Å²) in [5, 5.41) is 3.42. The topological polar surface area (TPSA) is 40.2 Å². The Labute approximate surface area is 218 Å². The number of hydrogen-bond donors (Lipinski definition) is 1. The van der Waals surface area contributed by atoms with Crippen molar-refractivity contribution in [3.05, 3.63) is 0 Å². The van der Waals surface area contributed by atoms with Crippen molar-refractivity contribution in [2.24, 2.45) is 17.8 Å². The summed E-state index contributed by atoms with van der Waals surface area (Å²) < 4.78 is 12.0. The Balaban J connectivity index is 1.53. The maximum absolute atomic E-state index is 6.11. The molecule has 0 saturated carbocycles. The minimum Gasteiger partial charge on any atom is -0.374 e. The quantitative estimate of drug-likeness (QED) is 0.307. The molecule has 0 aliphatic carbocycles. The van der Waals surface area contributed by atoms with Gasteiger partial charge in [-0.15, -0.1) is 0 Å². The number of morpholine rings is 2. The average molecular weight is 497 g/mol. The van der Waals surface area contributed by atoms with Crippen LogP contribution in [-0.2, 0) is 9.47 Å². The van der Waals surface area contributed by atoms with Crippen LogP contribution < -0.4 is 5.32 Å². The first-order chi connectivity index (χ1) is 16.9. The van der Waals surface area contributed by atoms with E-state index in [4.69, 9.17) is 9.47 Å². The molecule has 4 atom stereocenters. The van der Waals surface area contributed by atoms with Crippen LogP contribution in [0.1, 0.15) is 73.1 Å². The van der Waals surface area contributed by atoms with Gasteiger partial charge >= 0.3 is 0 Å². The van der Waals surface area contributed by atoms with E-state index in [1.54, 1.807) is 0 Å². The molecular weight excluding hydrogens is 436 g/mol. The lowest BCUT2D eigenvalue weighted by atomic mass is 9.94. The molecule has 6 nitrogen and oxygen atoms in total. The van der Waals surface area contributed by atoms with E-state index in [2.05, 4.69) is 61.7 Å². The van der Waals surface area contributed by atoms with Crippen molar-refractivity contribution in [1.82, 2.24) is 20.0 Å². The first-order valence-electron chi connectivity index (χ1n) is 14.9. The first-order valence-corrected chi connectivity index (χ1v) is 14.9. The summed E-state index contributed by atoms with van der Waals surface area (Å²) in [6, 6.07) is 0. The van der Waals surface area contributed by atoms with Crippen LogP contribution in [-0.4, -0.2) is 113 Å². The van der Waals surface area contributed by atoms with E-state index >= 15 is 0 Å². The summed E-state index contributed by atoms with van der Waals surface area (Å²) in [5.74, 6) is 2.38. The van der Waals surface area contributed by atoms with Crippen LogP contribution in [0.3, 0.4) is 0 Å². The molecule has 2 unspecified atom stereocenters. The number of hydrogen-bond acceptors (Lipinski definition) is 6. The summed E-state index contributed by atoms with van der Waals surface area (Å²) in [4.78, 5) is 7.74. The molecule has 0 aromatic carbocycles. The van der Waals surface area contributed by atoms with Gasteiger partial charge in [0.2, 0.25) is 0 Å². The second kappa shape index (κ2) is 18.1. The highest BCUT2D eigenvalue weighted by molar-refractivity contribution is 4.76. The number of ether oxygens (including phenoxy) is 2. The normalized spacial score (nSPS) is 24.3. The highest BCUT2D eigenvalue weighted by atomic mass is 16.5. The van der Waals surface area contributed by atoms with Gasteiger partial charge in [-0.25, -0.2) is 0 Å². The lowest BCUT2D eigenvalue weighted by Gasteiger charge is -2.35. The molecule has 6 heteroatoms. The Morgan fingerprint density at radius 2 is 1.43 bits per heavy atom. The molecule has 0 amide bonds. The molecule has 2 heterocycles. The number of rotatable bonds is 18. The van der Waals surface area contributed by atoms with E-state index < -0.39 is 0 Å². The number of nitrogens with zero attached hydrogens (tertiary/aromatic N) is 3. The number of likely N-dealkylation sites (N-methyl/N-ethyl adjacent to an activating group) is 2. The van der Waals surface area contributed by atoms with Crippen LogP contribution in [0, 0.1) is 17.8 Å². The van der Waals surface area contributed by atoms with Crippen LogP contribution in [0.15, 0.2) is 0 Å². The third-order valence-electron chi connectivity index (χ3n) is 7.79. The van der Waals surface area contributed by atoms with Gasteiger partial charge in [-0.3, -0.25) is 9.80 Å². The van der Waals surface area contributed by atoms with Crippen molar-refractivity contribution < 1.29 is 9.47 Å². The first kappa shape index (κ1) is 31.0. The summed E-state index contributed by atoms with van der Waals surface area (Å²) >= 11 is 0. The maximum Gasteiger partial charge on any atom is 0.0829 e. The van der Waals surface area contributed by atoms with Crippen molar-refractivity contribution in [3.8, 4) is 0 Å². The predicted molar refractivity (Wildman–Crippen MR) is 149 cm³/mol. The minimum atomic E-state index is 0.367. The molecule has 2 aliphatic rings. The maximum atomic E-state index is 6.11. The fourth-order valence-electron chi connectivity index (χ4n) is 5.65. The Kier molecular flexibility index (Phi) is 16.0. The Morgan fingerprint density at radius 1 is 0.829 bits per heavy atom. The SMILES string of the molecule is CCNC[C@@H]1CN(CCCC(C)CCC(C)CN(C)C[C@H]2CN(CCCC(C)C)CCO2)CCO1. The van der Waals surface area contributed by atoms with Gasteiger partial charge in [0.05, 0.1) is 25.4 Å². The van der Waals surface area contributed by atoms with Crippen molar-refractivity contribution in [2.75, 3.05) is 85.7 Å². The lowest BCUT2D eigenvalue weighted by molar-refractivity contribution is -0.0421. The molecule has 35 heavy (non-hydrogen) atoms. The van der Waals surface area contributed by atoms with Crippen molar-refractivity contribution in [3.63, 3.8) is 0 Å². The Hall–Kier alpha value is -0.240. The second-order valence-electron chi connectivity index (χ2n) is 12.1. The highest BCUT2D eigenvalue weighted by Crippen LogP contribution is 2.19. The summed E-state index contributed by atoms with van der Waals surface area (Å²) in [6.07, 6.45) is 8.74. The van der Waals surface area contributed by atoms with Crippen LogP contribution in [0.2, 0.25) is 0 Å². The van der Waals surface area contributed by atoms with E-state index in [0.717, 1.165) is 76.8 Å². The van der Waals surface area contributed by atoms with Crippen molar-refractivity contribution >= 4 is 0 Å². The van der Waals surface area contributed by atoms with Crippen LogP contribution in [0.4, 0.5) is 0 Å². The van der Waals surface area contributed by atoms with Crippen LogP contribution in [0.5, 0.6) is 0 Å². The number of nitrogens with one attached hydrogen (secondary N) is 1. The van der Waals surface area contributed by atoms with Gasteiger partial charge in [0.25, 0.3) is 0 Å². The third kappa shape index (κ3) is 14.3. The monoisotopic (exact) mass is 496 g/mol. The van der Waals surface area contributed by atoms with E-state index in [-0.39, 0.29) is 0 Å². The van der Waals surface area contributed by atoms with Crippen LogP contribution >= 0.6 is 0 Å². The highest BCUT2D eigenvalue weighted by Gasteiger charge is 2.22. The zero-order chi connectivity index (χ0) is 25.5. The molecule has 2 rings (SSSR count). The molecule has 2 fully saturated rings. The van der Waals surface area contributed by atoms with Gasteiger partial charge < -0.3 is 19.7 Å². The summed E-state index contributed by atoms with van der Waals surface area (Å²) in [7, 11) is 2.28. The third-order valence-corrected chi connectivity index (χ3v) is 7.79. The largest absolute Gasteiger partial charge is 0.374 e. The van der Waals surface area contributed by atoms with Crippen molar-refractivity contribution in [2.45, 2.75) is 85.4 Å². The Bertz CT molecular complexity index is 521. The molecule has 0 spiro atoms. The van der Waals surface area contributed by atoms with E-state index in [0.29, 0.717) is 12.2 Å². The van der Waals surface area contributed by atoms with Gasteiger partial charge in [0.15, 0.2) is 0 Å². The molecule has 0 aromatic heterocycles. The molecule has 2 aliphatic heterocycles. The summed E-state index contributed by atoms with van der Waals surface area (Å²) in [6.45, 7) is 24.6. The van der Waals surface area contributed by atoms with E-state index in [1.807, 2.05) is 0 Å². The molecule has 0 bridgehead atoms. The molecule has 0 radical (unpaired) electrons. The zero-order valence-electron chi connectivity index (χ0n) is 24.3. The van der Waals surface area contributed by atoms with Crippen molar-refractivity contribution in [1.29, 1.82) is 0 Å². The molecule has 208 valence electrons. The summed E-state index contributed by atoms with van der Waals surface area (Å²) in [5.41, 5.74) is 0. The smallest absolute Gasteiger partial charge is 0.0829 e. The standard InChI is InChI=1S/C29H60N4O2/c1-7-30-20-28-23-32(16-18-34-28)15-9-11-26(4)12-13-27(5)21-31(6)22-29-24-33(17-19-35-29)14-8-10-25(2)3/h25-30H,7-24H2,1-6H3/t26?,27?,28-,29+/m1/s1. The van der Waals surface area contributed by atoms with Crippen LogP contribution in [0.25, 0.3) is 0 Å². The van der Waals surface area contributed by atoms with Gasteiger partial charge in [0, 0.05) is 45.8 Å². The minimum absolute atomic E-state index is 0.367. The van der Waals surface area contributed by atoms with E-state index in [1.165, 1.54) is 58.2 Å². The molecule has 2 saturated heterocycles. The molecule has 0 aromatic rings. The second-order valence-corrected chi connectivity index (χ2v) is 12.1. The predicted octanol–water partition coefficient (Wildman–Crippen LogP) is 4.20. The fraction of sp³-hybridized carbons (Fsp3) is 1.00. The van der Waals surface area contributed by atoms with Gasteiger partial charge in [-0.2, -0.15) is 0 Å².